The molecule has 0 saturated carbocycles. The number of hydrogen-bond donors (Lipinski definition) is 0. The van der Waals surface area contributed by atoms with E-state index >= 15 is 0 Å². The van der Waals surface area contributed by atoms with E-state index in [-0.39, 0.29) is 9.90 Å². The molecule has 5 heavy (non-hydrogen) atoms. The van der Waals surface area contributed by atoms with Crippen LogP contribution in [0.2, 0.25) is 0 Å². The van der Waals surface area contributed by atoms with Crippen LogP contribution in [0.3, 0.4) is 0 Å². The Kier molecular flexibility index (Phi) is 11.3. The quantitative estimate of drug-likeness (QED) is 0.492. The molecule has 1 unspecified atom stereocenters. The largest absolute Gasteiger partial charge is 0.179 e. The molecular formula is H3Cl3P2. The van der Waals surface area contributed by atoms with Gasteiger partial charge in [0.1, 0.15) is 0 Å². The summed E-state index contributed by atoms with van der Waals surface area (Å²) in [4.78, 5) is 0. The van der Waals surface area contributed by atoms with Crippen LogP contribution in [0.15, 0.2) is 0 Å². The summed E-state index contributed by atoms with van der Waals surface area (Å²) < 4.78 is 0. The molecule has 5 heteroatoms. The van der Waals surface area contributed by atoms with Gasteiger partial charge in [0, 0.05) is 0 Å². The van der Waals surface area contributed by atoms with E-state index in [4.69, 9.17) is 33.7 Å². The van der Waals surface area contributed by atoms with E-state index in [1.165, 1.54) is 0 Å². The fourth-order valence-corrected chi connectivity index (χ4v) is 0. The summed E-state index contributed by atoms with van der Waals surface area (Å²) in [5.41, 5.74) is 0. The molecule has 0 N–H and O–H groups in total. The van der Waals surface area contributed by atoms with E-state index < -0.39 is 5.98 Å². The molecule has 0 saturated heterocycles. The summed E-state index contributed by atoms with van der Waals surface area (Å²) in [6.07, 6.45) is 0. The molecule has 0 rings (SSSR count). The van der Waals surface area contributed by atoms with Crippen molar-refractivity contribution in [2.75, 3.05) is 0 Å². The van der Waals surface area contributed by atoms with E-state index in [1.807, 2.05) is 0 Å². The average Bonchev–Trinajstić information content (AvgIpc) is 0.811. The molecule has 0 aliphatic rings. The molecule has 0 bridgehead atoms. The minimum atomic E-state index is -1.20. The summed E-state index contributed by atoms with van der Waals surface area (Å²) in [5.74, 6) is -1.20. The van der Waals surface area contributed by atoms with Gasteiger partial charge in [0.15, 0.2) is 5.98 Å². The molecule has 0 aromatic carbocycles. The predicted octanol–water partition coefficient (Wildman–Crippen LogP) is 2.99. The zero-order valence-electron chi connectivity index (χ0n) is 2.29. The molecule has 1 atom stereocenters. The van der Waals surface area contributed by atoms with Crippen molar-refractivity contribution in [1.29, 1.82) is 0 Å². The zero-order chi connectivity index (χ0) is 3.58. The molecule has 0 radical (unpaired) electrons. The van der Waals surface area contributed by atoms with Crippen LogP contribution in [0.4, 0.5) is 0 Å². The van der Waals surface area contributed by atoms with Crippen molar-refractivity contribution in [3.63, 3.8) is 0 Å². The fourth-order valence-electron chi connectivity index (χ4n) is 0. The van der Waals surface area contributed by atoms with Crippen molar-refractivity contribution in [3.8, 4) is 0 Å². The normalized spacial score (nSPS) is 7.20. The topological polar surface area (TPSA) is 0 Å². The van der Waals surface area contributed by atoms with E-state index in [1.54, 1.807) is 0 Å². The van der Waals surface area contributed by atoms with Crippen molar-refractivity contribution >= 4 is 49.6 Å². The zero-order valence-corrected chi connectivity index (χ0v) is 6.86. The second kappa shape index (κ2) is 5.73. The summed E-state index contributed by atoms with van der Waals surface area (Å²) in [7, 11) is 0. The SMILES string of the molecule is ClP(Cl)Cl.P. The Morgan fingerprint density at radius 1 is 1.00 bits per heavy atom. The van der Waals surface area contributed by atoms with E-state index in [0.717, 1.165) is 0 Å². The standard InChI is InChI=1S/Cl3P.H3P/c1-4(2)3;/h;1H3. The lowest BCUT2D eigenvalue weighted by Gasteiger charge is -1.68. The fraction of sp³-hybridized carbons (Fsp3) is 0. The number of halogens is 3. The van der Waals surface area contributed by atoms with Crippen molar-refractivity contribution in [2.45, 2.75) is 0 Å². The maximum atomic E-state index is 4.87. The highest BCUT2D eigenvalue weighted by Gasteiger charge is 1.80. The summed E-state index contributed by atoms with van der Waals surface area (Å²) in [5, 5.41) is 0. The molecule has 0 aliphatic heterocycles. The second-order valence-electron chi connectivity index (χ2n) is 0.192. The smallest absolute Gasteiger partial charge is 0.153 e. The Hall–Kier alpha value is 1.73. The maximum Gasteiger partial charge on any atom is 0.179 e. The third kappa shape index (κ3) is 26.6. The Labute approximate surface area is 49.9 Å². The first kappa shape index (κ1) is 9.88. The third-order valence-corrected chi connectivity index (χ3v) is 0. The second-order valence-corrected chi connectivity index (χ2v) is 5.17. The first-order valence-corrected chi connectivity index (χ1v) is 4.56. The van der Waals surface area contributed by atoms with Gasteiger partial charge in [0.25, 0.3) is 0 Å². The van der Waals surface area contributed by atoms with Gasteiger partial charge in [0.05, 0.1) is 0 Å². The van der Waals surface area contributed by atoms with Gasteiger partial charge in [0.2, 0.25) is 0 Å². The molecular weight excluding hydrogens is 168 g/mol. The monoisotopic (exact) mass is 170 g/mol. The first-order chi connectivity index (χ1) is 1.73. The van der Waals surface area contributed by atoms with Gasteiger partial charge in [-0.15, -0.1) is 0 Å². The molecule has 0 fully saturated rings. The Morgan fingerprint density at radius 2 is 1.00 bits per heavy atom. The van der Waals surface area contributed by atoms with Crippen LogP contribution in [0.5, 0.6) is 0 Å². The predicted molar refractivity (Wildman–Crippen MR) is 35.6 cm³/mol. The molecule has 0 aliphatic carbocycles. The highest BCUT2D eigenvalue weighted by atomic mass is 36.0. The minimum absolute atomic E-state index is 0. The Balaban J connectivity index is 0. The lowest BCUT2D eigenvalue weighted by atomic mass is 30.4. The van der Waals surface area contributed by atoms with E-state index in [9.17, 15) is 0 Å². The third-order valence-electron chi connectivity index (χ3n) is 0. The van der Waals surface area contributed by atoms with Crippen LogP contribution in [-0.4, -0.2) is 0 Å². The van der Waals surface area contributed by atoms with Crippen LogP contribution >= 0.6 is 49.6 Å². The molecule has 34 valence electrons. The molecule has 0 amide bonds. The molecule has 0 aromatic heterocycles. The van der Waals surface area contributed by atoms with Gasteiger partial charge < -0.3 is 0 Å². The lowest BCUT2D eigenvalue weighted by Crippen LogP contribution is -0.958. The van der Waals surface area contributed by atoms with Crippen LogP contribution in [0.1, 0.15) is 0 Å². The van der Waals surface area contributed by atoms with Crippen molar-refractivity contribution in [2.24, 2.45) is 0 Å². The Morgan fingerprint density at radius 3 is 1.00 bits per heavy atom. The maximum absolute atomic E-state index is 4.87. The highest BCUT2D eigenvalue weighted by molar-refractivity contribution is 8.20. The van der Waals surface area contributed by atoms with E-state index in [2.05, 4.69) is 0 Å². The number of hydrogen-bond acceptors (Lipinski definition) is 0. The Bertz CT molecular complexity index is 9.61. The van der Waals surface area contributed by atoms with Crippen LogP contribution in [-0.2, 0) is 0 Å². The van der Waals surface area contributed by atoms with Crippen molar-refractivity contribution in [3.05, 3.63) is 0 Å². The molecule has 0 aromatic rings. The van der Waals surface area contributed by atoms with Crippen LogP contribution < -0.4 is 0 Å². The minimum Gasteiger partial charge on any atom is -0.153 e. The molecule has 0 heterocycles. The van der Waals surface area contributed by atoms with Gasteiger partial charge >= 0.3 is 0 Å². The van der Waals surface area contributed by atoms with Gasteiger partial charge in [-0.1, -0.05) is 33.7 Å². The lowest BCUT2D eigenvalue weighted by molar-refractivity contribution is 4.58. The average molecular weight is 171 g/mol. The summed E-state index contributed by atoms with van der Waals surface area (Å²) in [6.45, 7) is 0. The van der Waals surface area contributed by atoms with E-state index in [0.29, 0.717) is 0 Å². The number of rotatable bonds is 0. The first-order valence-electron chi connectivity index (χ1n) is 0.507. The van der Waals surface area contributed by atoms with Crippen molar-refractivity contribution in [1.82, 2.24) is 0 Å². The highest BCUT2D eigenvalue weighted by Crippen LogP contribution is 2.51. The summed E-state index contributed by atoms with van der Waals surface area (Å²) >= 11 is 14.6. The summed E-state index contributed by atoms with van der Waals surface area (Å²) in [6, 6.07) is 0. The van der Waals surface area contributed by atoms with Crippen LogP contribution in [0, 0.1) is 0 Å². The van der Waals surface area contributed by atoms with Crippen LogP contribution in [0.25, 0.3) is 0 Å². The van der Waals surface area contributed by atoms with Gasteiger partial charge in [-0.25, -0.2) is 0 Å². The van der Waals surface area contributed by atoms with Crippen molar-refractivity contribution < 1.29 is 0 Å². The van der Waals surface area contributed by atoms with Gasteiger partial charge in [-0.05, 0) is 0 Å². The molecule has 0 nitrogen and oxygen atoms in total. The molecule has 0 spiro atoms. The van der Waals surface area contributed by atoms with Gasteiger partial charge in [-0.3, -0.25) is 0 Å². The van der Waals surface area contributed by atoms with Gasteiger partial charge in [-0.2, -0.15) is 9.90 Å².